The molecule has 0 bridgehead atoms. The molecule has 12 nitrogen and oxygen atoms in total. The van der Waals surface area contributed by atoms with E-state index in [1.165, 1.54) is 51.4 Å². The van der Waals surface area contributed by atoms with E-state index in [1.54, 1.807) is 0 Å². The Bertz CT molecular complexity index is 2440. The molecule has 0 aromatic rings. The molecule has 26 unspecified atom stereocenters. The largest absolute Gasteiger partial charge is 0.748 e. The molecule has 8 saturated heterocycles. The Hall–Kier alpha value is 2.44. The first kappa shape index (κ1) is 60.7. The second-order valence-corrected chi connectivity index (χ2v) is 44.4. The maximum Gasteiger partial charge on any atom is 0.0945 e. The number of fused-ring (bicyclic) bond motifs is 12. The van der Waals surface area contributed by atoms with Crippen LogP contribution >= 0.6 is 94.1 Å². The molecular weight excluding hydrogens is 1230 g/mol. The van der Waals surface area contributed by atoms with Gasteiger partial charge in [0.05, 0.1) is 40.5 Å². The van der Waals surface area contributed by atoms with Crippen molar-refractivity contribution in [1.29, 1.82) is 0 Å². The van der Waals surface area contributed by atoms with Gasteiger partial charge in [0.2, 0.25) is 0 Å². The number of hydrogen-bond acceptors (Lipinski definition) is 20. The maximum atomic E-state index is 11.7. The Morgan fingerprint density at radius 3 is 0.654 bits per heavy atom. The lowest BCUT2D eigenvalue weighted by Crippen LogP contribution is -2.26. The molecule has 12 fully saturated rings. The van der Waals surface area contributed by atoms with E-state index < -0.39 is 40.5 Å². The van der Waals surface area contributed by atoms with E-state index >= 15 is 0 Å². The van der Waals surface area contributed by atoms with Gasteiger partial charge in [-0.25, -0.2) is 33.7 Å². The molecule has 0 radical (unpaired) electrons. The van der Waals surface area contributed by atoms with Gasteiger partial charge in [0.1, 0.15) is 0 Å². The van der Waals surface area contributed by atoms with Crippen molar-refractivity contribution < 1.29 is 51.9 Å². The van der Waals surface area contributed by atoms with Gasteiger partial charge in [-0.15, -0.1) is 0 Å². The molecule has 0 aromatic heterocycles. The molecule has 0 aromatic carbocycles. The summed E-state index contributed by atoms with van der Waals surface area (Å²) >= 11 is 18.2. The van der Waals surface area contributed by atoms with Crippen molar-refractivity contribution in [2.75, 3.05) is 23.0 Å². The fourth-order valence-corrected chi connectivity index (χ4v) is 39.2. The average molecular weight is 1310 g/mol. The molecule has 24 heteroatoms. The topological polar surface area (TPSA) is 229 Å². The van der Waals surface area contributed by atoms with Crippen LogP contribution in [0.1, 0.15) is 142 Å². The number of unbranched alkanes of at least 4 members (excludes halogenated alkanes) is 4. The van der Waals surface area contributed by atoms with E-state index in [4.69, 9.17) is 0 Å². The Balaban J connectivity index is 0.720. The van der Waals surface area contributed by atoms with Crippen LogP contribution in [0.25, 0.3) is 0 Å². The van der Waals surface area contributed by atoms with Gasteiger partial charge in [0.15, 0.2) is 0 Å². The second-order valence-electron chi connectivity index (χ2n) is 26.5. The van der Waals surface area contributed by atoms with Gasteiger partial charge in [-0.1, -0.05) is 39.5 Å². The Kier molecular flexibility index (Phi) is 18.8. The predicted octanol–water partition coefficient (Wildman–Crippen LogP) is 10.3. The summed E-state index contributed by atoms with van der Waals surface area (Å²) in [7, 11) is -16.9. The number of rotatable bonds is 23. The Morgan fingerprint density at radius 1 is 0.282 bits per heavy atom. The number of hydrogen-bond donors (Lipinski definition) is 0. The summed E-state index contributed by atoms with van der Waals surface area (Å²) < 4.78 is 139. The fraction of sp³-hybridized carbons (Fsp3) is 1.00. The summed E-state index contributed by atoms with van der Waals surface area (Å²) in [6.07, 6.45) is 18.7. The molecule has 0 amide bonds. The normalized spacial score (nSPS) is 49.1. The average Bonchev–Trinajstić information content (AvgIpc) is 4.11. The molecule has 4 aliphatic carbocycles. The lowest BCUT2D eigenvalue weighted by Gasteiger charge is -2.28. The van der Waals surface area contributed by atoms with Gasteiger partial charge >= 0.3 is 0 Å². The molecule has 0 N–H and O–H groups in total. The predicted molar refractivity (Wildman–Crippen MR) is 325 cm³/mol. The van der Waals surface area contributed by atoms with Crippen molar-refractivity contribution in [3.05, 3.63) is 0 Å². The molecule has 0 spiro atoms. The minimum atomic E-state index is -4.26. The summed E-state index contributed by atoms with van der Waals surface area (Å²) in [6.45, 7) is 4.74. The van der Waals surface area contributed by atoms with Gasteiger partial charge in [0, 0.05) is 107 Å². The smallest absolute Gasteiger partial charge is 0.0945 e. The van der Waals surface area contributed by atoms with E-state index in [0.29, 0.717) is 181 Å². The first-order valence-corrected chi connectivity index (χ1v) is 43.8. The zero-order chi connectivity index (χ0) is 54.8. The van der Waals surface area contributed by atoms with Crippen LogP contribution in [0.4, 0.5) is 0 Å². The molecular formula is C54H82O12S12-4. The maximum absolute atomic E-state index is 11.7. The quantitative estimate of drug-likeness (QED) is 0.0684. The van der Waals surface area contributed by atoms with Crippen molar-refractivity contribution in [3.8, 4) is 0 Å². The highest BCUT2D eigenvalue weighted by molar-refractivity contribution is 8.09. The van der Waals surface area contributed by atoms with Crippen LogP contribution in [0.2, 0.25) is 0 Å². The van der Waals surface area contributed by atoms with Crippen LogP contribution in [0.5, 0.6) is 0 Å². The number of thioether (sulfide) groups is 8. The zero-order valence-corrected chi connectivity index (χ0v) is 54.7. The zero-order valence-electron chi connectivity index (χ0n) is 44.9. The first-order valence-electron chi connectivity index (χ1n) is 29.9. The molecule has 78 heavy (non-hydrogen) atoms. The lowest BCUT2D eigenvalue weighted by atomic mass is 9.78. The molecule has 28 atom stereocenters. The molecule has 12 rings (SSSR count). The second kappa shape index (κ2) is 24.1. The first-order chi connectivity index (χ1) is 36.9. The van der Waals surface area contributed by atoms with Crippen molar-refractivity contribution in [1.82, 2.24) is 0 Å². The van der Waals surface area contributed by atoms with Gasteiger partial charge < -0.3 is 18.2 Å². The van der Waals surface area contributed by atoms with E-state index in [1.807, 2.05) is 0 Å². The van der Waals surface area contributed by atoms with Crippen molar-refractivity contribution >= 4 is 135 Å². The minimum Gasteiger partial charge on any atom is -0.748 e. The summed E-state index contributed by atoms with van der Waals surface area (Å²) in [5.74, 6) is 6.18. The highest BCUT2D eigenvalue weighted by Crippen LogP contribution is 2.72. The summed E-state index contributed by atoms with van der Waals surface area (Å²) in [4.78, 5) is 0. The summed E-state index contributed by atoms with van der Waals surface area (Å²) in [5, 5.41) is 9.61. The molecule has 8 aliphatic heterocycles. The third-order valence-electron chi connectivity index (χ3n) is 22.0. The lowest BCUT2D eigenvalue weighted by molar-refractivity contribution is 0.253. The highest BCUT2D eigenvalue weighted by Gasteiger charge is 2.66. The Labute approximate surface area is 502 Å². The van der Waals surface area contributed by atoms with E-state index in [0.717, 1.165) is 51.4 Å². The van der Waals surface area contributed by atoms with E-state index in [9.17, 15) is 51.9 Å². The molecule has 8 heterocycles. The van der Waals surface area contributed by atoms with Crippen molar-refractivity contribution in [3.63, 3.8) is 0 Å². The Morgan fingerprint density at radius 2 is 0.462 bits per heavy atom. The van der Waals surface area contributed by atoms with Crippen LogP contribution in [-0.2, 0) is 40.5 Å². The minimum absolute atomic E-state index is 0.265. The van der Waals surface area contributed by atoms with Crippen LogP contribution < -0.4 is 0 Å². The highest BCUT2D eigenvalue weighted by atomic mass is 32.2. The van der Waals surface area contributed by atoms with Crippen LogP contribution in [0.15, 0.2) is 0 Å². The van der Waals surface area contributed by atoms with Gasteiger partial charge in [-0.2, -0.15) is 94.1 Å². The van der Waals surface area contributed by atoms with Crippen molar-refractivity contribution in [2.24, 2.45) is 71.0 Å². The molecule has 446 valence electrons. The third kappa shape index (κ3) is 13.0. The van der Waals surface area contributed by atoms with Gasteiger partial charge in [-0.3, -0.25) is 0 Å². The van der Waals surface area contributed by atoms with E-state index in [-0.39, 0.29) is 23.0 Å². The van der Waals surface area contributed by atoms with E-state index in [2.05, 4.69) is 108 Å². The SMILES string of the molecule is CC1CC2C(CCCCS(=O)(=O)[O-])C3CC(C4CC5C(S4)C4SC(C6CC7C(CCCCS(=O)(=O)[O-])C8CC(C9CC%10C(S9)C9SC(C)CC9[C@@H]%10CCCCS(=O)(=O)[O-])SC8C7S6)CC4[C@@H]5CCCCS(=O)(=O)[O-])SC3C2S1. The van der Waals surface area contributed by atoms with Gasteiger partial charge in [0.25, 0.3) is 0 Å². The standard InChI is InChI=1S/C54H86O12S12/c1-27-19-33-29(11-3-7-15-75(55,56)57)35-21-41(69-49(35)47(33)67-27)43-23-37-31(13-5-9-17-77(61,62)63)39-25-45(73-53(39)51(37)71-43)46-26-40-32(14-6-10-18-78(64,65)66)38-24-44(72-52(38)54(40)74-46)42-22-36-30(12-4-8-16-76(58,59)60)34-20-28(2)68-48(34)50(36)70-42/h27-54H,3-26H2,1-2H3,(H,55,56,57)(H,58,59,60)(H,61,62,63)(H,64,65,66)/p-4/t27?,28?,29-,30?,31?,32+,33?,34?,35?,36?,37?,38?,39?,40?,41?,42?,43?,44?,45?,46?,47?,48?,49?,50?,51?,52?,53?,54?/m0/s1. The molecule has 4 saturated carbocycles. The van der Waals surface area contributed by atoms with Crippen LogP contribution in [0.3, 0.4) is 0 Å². The third-order valence-corrected chi connectivity index (χ3v) is 40.6. The summed E-state index contributed by atoms with van der Waals surface area (Å²) in [5.41, 5.74) is 0. The summed E-state index contributed by atoms with van der Waals surface area (Å²) in [6, 6.07) is 0. The fourth-order valence-electron chi connectivity index (χ4n) is 19.4. The van der Waals surface area contributed by atoms with Crippen LogP contribution in [-0.4, -0.2) is 159 Å². The van der Waals surface area contributed by atoms with Crippen LogP contribution in [0, 0.1) is 71.0 Å². The molecule has 12 aliphatic rings. The van der Waals surface area contributed by atoms with Gasteiger partial charge in [-0.05, 0) is 174 Å². The monoisotopic (exact) mass is 1310 g/mol. The van der Waals surface area contributed by atoms with Crippen molar-refractivity contribution in [2.45, 2.75) is 226 Å².